The Morgan fingerprint density at radius 1 is 1.20 bits per heavy atom. The van der Waals surface area contributed by atoms with Crippen molar-refractivity contribution >= 4 is 6.09 Å². The normalized spacial score (nSPS) is 26.7. The Morgan fingerprint density at radius 2 is 1.96 bits per heavy atom. The molecule has 1 saturated heterocycles. The van der Waals surface area contributed by atoms with E-state index < -0.39 is 6.09 Å². The van der Waals surface area contributed by atoms with Crippen molar-refractivity contribution < 1.29 is 18.7 Å². The summed E-state index contributed by atoms with van der Waals surface area (Å²) in [5.74, 6) is 0.843. The Morgan fingerprint density at radius 3 is 2.72 bits per heavy atom. The van der Waals surface area contributed by atoms with E-state index in [1.165, 1.54) is 25.0 Å². The highest BCUT2D eigenvalue weighted by atomic mass is 19.1. The standard InChI is InChI=1S/C19H27FN2O3/c20-14-6-8-15(9-7-14)24-13-3-11-22-12-10-18(25-19(21)23)16-4-1-2-5-17(16)22/h6-9,16-18H,1-5,10-13H2,(H2,21,23). The Hall–Kier alpha value is -1.82. The van der Waals surface area contributed by atoms with Gasteiger partial charge in [0, 0.05) is 25.0 Å². The molecule has 3 unspecified atom stereocenters. The topological polar surface area (TPSA) is 64.8 Å². The maximum absolute atomic E-state index is 12.9. The van der Waals surface area contributed by atoms with Gasteiger partial charge in [0.2, 0.25) is 0 Å². The summed E-state index contributed by atoms with van der Waals surface area (Å²) in [5, 5.41) is 0. The van der Waals surface area contributed by atoms with Crippen molar-refractivity contribution in [3.63, 3.8) is 0 Å². The minimum atomic E-state index is -0.657. The third kappa shape index (κ3) is 4.84. The van der Waals surface area contributed by atoms with Gasteiger partial charge in [-0.25, -0.2) is 9.18 Å². The molecule has 1 saturated carbocycles. The van der Waals surface area contributed by atoms with E-state index in [4.69, 9.17) is 15.2 Å². The van der Waals surface area contributed by atoms with Crippen LogP contribution in [0.5, 0.6) is 5.75 Å². The van der Waals surface area contributed by atoms with Gasteiger partial charge in [0.1, 0.15) is 17.7 Å². The summed E-state index contributed by atoms with van der Waals surface area (Å²) in [7, 11) is 0. The first-order chi connectivity index (χ1) is 12.1. The minimum Gasteiger partial charge on any atom is -0.494 e. The van der Waals surface area contributed by atoms with Crippen LogP contribution in [0.25, 0.3) is 0 Å². The van der Waals surface area contributed by atoms with Gasteiger partial charge < -0.3 is 15.2 Å². The molecule has 6 heteroatoms. The molecule has 0 aromatic heterocycles. The van der Waals surface area contributed by atoms with Crippen molar-refractivity contribution in [2.75, 3.05) is 19.7 Å². The number of benzene rings is 1. The summed E-state index contributed by atoms with van der Waals surface area (Å²) in [6.07, 6.45) is 5.76. The lowest BCUT2D eigenvalue weighted by molar-refractivity contribution is -0.0423. The quantitative estimate of drug-likeness (QED) is 0.800. The van der Waals surface area contributed by atoms with Crippen LogP contribution >= 0.6 is 0 Å². The molecule has 1 aliphatic heterocycles. The second-order valence-corrected chi connectivity index (χ2v) is 6.97. The van der Waals surface area contributed by atoms with Crippen LogP contribution in [0.4, 0.5) is 9.18 Å². The van der Waals surface area contributed by atoms with Crippen LogP contribution in [0.2, 0.25) is 0 Å². The number of primary amides is 1. The Bertz CT molecular complexity index is 566. The molecule has 25 heavy (non-hydrogen) atoms. The van der Waals surface area contributed by atoms with Gasteiger partial charge in [0.15, 0.2) is 0 Å². The molecule has 3 atom stereocenters. The molecule has 138 valence electrons. The lowest BCUT2D eigenvalue weighted by atomic mass is 9.76. The van der Waals surface area contributed by atoms with Crippen LogP contribution < -0.4 is 10.5 Å². The molecule has 0 radical (unpaired) electrons. The molecule has 1 aromatic carbocycles. The molecular formula is C19H27FN2O3. The second-order valence-electron chi connectivity index (χ2n) is 6.97. The van der Waals surface area contributed by atoms with Crippen molar-refractivity contribution in [3.05, 3.63) is 30.1 Å². The van der Waals surface area contributed by atoms with Gasteiger partial charge in [0.25, 0.3) is 0 Å². The third-order valence-electron chi connectivity index (χ3n) is 5.37. The van der Waals surface area contributed by atoms with Gasteiger partial charge >= 0.3 is 6.09 Å². The van der Waals surface area contributed by atoms with Crippen LogP contribution in [0.1, 0.15) is 38.5 Å². The number of carbonyl (C=O) groups is 1. The van der Waals surface area contributed by atoms with Crippen molar-refractivity contribution in [3.8, 4) is 5.75 Å². The van der Waals surface area contributed by atoms with E-state index in [2.05, 4.69) is 4.90 Å². The molecule has 1 aliphatic carbocycles. The van der Waals surface area contributed by atoms with E-state index in [0.717, 1.165) is 38.8 Å². The zero-order valence-corrected chi connectivity index (χ0v) is 14.5. The summed E-state index contributed by atoms with van der Waals surface area (Å²) in [6.45, 7) is 2.50. The first kappa shape index (κ1) is 18.0. The Labute approximate surface area is 148 Å². The summed E-state index contributed by atoms with van der Waals surface area (Å²) >= 11 is 0. The third-order valence-corrected chi connectivity index (χ3v) is 5.37. The van der Waals surface area contributed by atoms with Crippen LogP contribution in [-0.4, -0.2) is 42.8 Å². The average Bonchev–Trinajstić information content (AvgIpc) is 2.61. The first-order valence-electron chi connectivity index (χ1n) is 9.22. The number of fused-ring (bicyclic) bond motifs is 1. The molecule has 0 spiro atoms. The van der Waals surface area contributed by atoms with Crippen LogP contribution in [-0.2, 0) is 4.74 Å². The van der Waals surface area contributed by atoms with Crippen LogP contribution in [0, 0.1) is 11.7 Å². The highest BCUT2D eigenvalue weighted by Crippen LogP contribution is 2.37. The van der Waals surface area contributed by atoms with Crippen molar-refractivity contribution in [1.29, 1.82) is 0 Å². The van der Waals surface area contributed by atoms with E-state index in [0.29, 0.717) is 24.3 Å². The predicted molar refractivity (Wildman–Crippen MR) is 92.9 cm³/mol. The maximum atomic E-state index is 12.9. The van der Waals surface area contributed by atoms with Gasteiger partial charge in [-0.15, -0.1) is 0 Å². The summed E-state index contributed by atoms with van der Waals surface area (Å²) in [5.41, 5.74) is 5.23. The zero-order chi connectivity index (χ0) is 17.6. The SMILES string of the molecule is NC(=O)OC1CCN(CCCOc2ccc(F)cc2)C2CCCCC12. The number of amides is 1. The van der Waals surface area contributed by atoms with E-state index in [1.54, 1.807) is 12.1 Å². The van der Waals surface area contributed by atoms with Gasteiger partial charge in [-0.05, 0) is 49.9 Å². The van der Waals surface area contributed by atoms with Crippen molar-refractivity contribution in [1.82, 2.24) is 4.90 Å². The number of piperidine rings is 1. The second kappa shape index (κ2) is 8.52. The summed E-state index contributed by atoms with van der Waals surface area (Å²) < 4.78 is 23.9. The highest BCUT2D eigenvalue weighted by molar-refractivity contribution is 5.64. The molecule has 2 aliphatic rings. The number of nitrogens with two attached hydrogens (primary N) is 1. The molecule has 2 fully saturated rings. The number of likely N-dealkylation sites (tertiary alicyclic amines) is 1. The smallest absolute Gasteiger partial charge is 0.404 e. The van der Waals surface area contributed by atoms with E-state index >= 15 is 0 Å². The molecule has 1 aromatic rings. The number of ether oxygens (including phenoxy) is 2. The lowest BCUT2D eigenvalue weighted by Crippen LogP contribution is -2.54. The van der Waals surface area contributed by atoms with Gasteiger partial charge in [0.05, 0.1) is 6.61 Å². The van der Waals surface area contributed by atoms with Crippen molar-refractivity contribution in [2.24, 2.45) is 11.7 Å². The largest absolute Gasteiger partial charge is 0.494 e. The Balaban J connectivity index is 1.47. The molecule has 0 bridgehead atoms. The fourth-order valence-corrected chi connectivity index (χ4v) is 4.26. The molecular weight excluding hydrogens is 323 g/mol. The van der Waals surface area contributed by atoms with E-state index in [1.807, 2.05) is 0 Å². The predicted octanol–water partition coefficient (Wildman–Crippen LogP) is 3.32. The van der Waals surface area contributed by atoms with E-state index in [-0.39, 0.29) is 11.9 Å². The maximum Gasteiger partial charge on any atom is 0.404 e. The minimum absolute atomic E-state index is 0.0329. The summed E-state index contributed by atoms with van der Waals surface area (Å²) in [4.78, 5) is 13.6. The highest BCUT2D eigenvalue weighted by Gasteiger charge is 2.40. The first-order valence-corrected chi connectivity index (χ1v) is 9.22. The molecule has 3 rings (SSSR count). The number of rotatable bonds is 6. The fourth-order valence-electron chi connectivity index (χ4n) is 4.26. The fraction of sp³-hybridized carbons (Fsp3) is 0.632. The summed E-state index contributed by atoms with van der Waals surface area (Å²) in [6, 6.07) is 6.59. The number of hydrogen-bond donors (Lipinski definition) is 1. The molecule has 1 amide bonds. The van der Waals surface area contributed by atoms with Gasteiger partial charge in [-0.1, -0.05) is 12.8 Å². The zero-order valence-electron chi connectivity index (χ0n) is 14.5. The number of carbonyl (C=O) groups excluding carboxylic acids is 1. The molecule has 2 N–H and O–H groups in total. The number of halogens is 1. The van der Waals surface area contributed by atoms with Gasteiger partial charge in [-0.2, -0.15) is 0 Å². The lowest BCUT2D eigenvalue weighted by Gasteiger charge is -2.47. The van der Waals surface area contributed by atoms with Crippen molar-refractivity contribution in [2.45, 2.75) is 50.7 Å². The van der Waals surface area contributed by atoms with Gasteiger partial charge in [-0.3, -0.25) is 4.90 Å². The van der Waals surface area contributed by atoms with Crippen LogP contribution in [0.3, 0.4) is 0 Å². The average molecular weight is 350 g/mol. The Kier molecular flexibility index (Phi) is 6.13. The molecule has 5 nitrogen and oxygen atoms in total. The molecule has 1 heterocycles. The number of nitrogens with zero attached hydrogens (tertiary/aromatic N) is 1. The monoisotopic (exact) mass is 350 g/mol. The van der Waals surface area contributed by atoms with E-state index in [9.17, 15) is 9.18 Å². The number of hydrogen-bond acceptors (Lipinski definition) is 4. The van der Waals surface area contributed by atoms with Crippen LogP contribution in [0.15, 0.2) is 24.3 Å².